The summed E-state index contributed by atoms with van der Waals surface area (Å²) >= 11 is 6.18. The second kappa shape index (κ2) is 5.75. The summed E-state index contributed by atoms with van der Waals surface area (Å²) in [6, 6.07) is 4.12. The molecule has 1 aliphatic heterocycles. The molecule has 3 nitrogen and oxygen atoms in total. The molecule has 0 aliphatic carbocycles. The van der Waals surface area contributed by atoms with Crippen molar-refractivity contribution >= 4 is 11.6 Å². The van der Waals surface area contributed by atoms with Crippen LogP contribution in [-0.4, -0.2) is 12.2 Å². The number of rotatable bonds is 3. The molecule has 5 unspecified atom stereocenters. The first-order valence-corrected chi connectivity index (χ1v) is 6.90. The fourth-order valence-corrected chi connectivity index (χ4v) is 3.26. The first-order valence-electron chi connectivity index (χ1n) is 6.52. The Hall–Kier alpha value is -0.680. The highest BCUT2D eigenvalue weighted by atomic mass is 35.5. The Kier molecular flexibility index (Phi) is 4.46. The number of nitrogens with one attached hydrogen (secondary N) is 1. The van der Waals surface area contributed by atoms with Gasteiger partial charge < -0.3 is 4.74 Å². The quantitative estimate of drug-likeness (QED) is 0.663. The molecule has 0 saturated carbocycles. The molecule has 1 saturated heterocycles. The second-order valence-electron chi connectivity index (χ2n) is 5.29. The van der Waals surface area contributed by atoms with Gasteiger partial charge in [0, 0.05) is 10.9 Å². The van der Waals surface area contributed by atoms with Gasteiger partial charge in [0.2, 0.25) is 0 Å². The fraction of sp³-hybridized carbons (Fsp3) is 0.571. The molecule has 5 atom stereocenters. The standard InChI is InChI=1S/C14H20ClFN2O/c1-7-8(2)19-9(3)13(7)14(18-17)11-6-10(16)4-5-12(11)15/h4-9,13-14,18H,17H2,1-3H3. The van der Waals surface area contributed by atoms with Crippen molar-refractivity contribution in [1.29, 1.82) is 0 Å². The SMILES string of the molecule is CC1OC(C)C(C(NN)c2cc(F)ccc2Cl)C1C. The Bertz CT molecular complexity index is 457. The van der Waals surface area contributed by atoms with E-state index in [9.17, 15) is 4.39 Å². The van der Waals surface area contributed by atoms with Crippen molar-refractivity contribution in [3.63, 3.8) is 0 Å². The van der Waals surface area contributed by atoms with Crippen molar-refractivity contribution in [3.05, 3.63) is 34.6 Å². The van der Waals surface area contributed by atoms with Crippen LogP contribution in [0.15, 0.2) is 18.2 Å². The summed E-state index contributed by atoms with van der Waals surface area (Å²) in [5.41, 5.74) is 3.46. The zero-order valence-electron chi connectivity index (χ0n) is 11.4. The topological polar surface area (TPSA) is 47.3 Å². The van der Waals surface area contributed by atoms with E-state index in [2.05, 4.69) is 12.3 Å². The number of nitrogens with two attached hydrogens (primary N) is 1. The van der Waals surface area contributed by atoms with Crippen LogP contribution in [0.1, 0.15) is 32.4 Å². The van der Waals surface area contributed by atoms with Gasteiger partial charge in [-0.2, -0.15) is 0 Å². The third kappa shape index (κ3) is 2.77. The molecule has 1 aromatic carbocycles. The molecule has 1 fully saturated rings. The van der Waals surface area contributed by atoms with Gasteiger partial charge in [-0.25, -0.2) is 4.39 Å². The number of halogens is 2. The van der Waals surface area contributed by atoms with Crippen LogP contribution in [0.3, 0.4) is 0 Å². The van der Waals surface area contributed by atoms with E-state index in [1.807, 2.05) is 13.8 Å². The maximum Gasteiger partial charge on any atom is 0.123 e. The minimum Gasteiger partial charge on any atom is -0.375 e. The number of benzene rings is 1. The van der Waals surface area contributed by atoms with E-state index in [0.717, 1.165) is 0 Å². The summed E-state index contributed by atoms with van der Waals surface area (Å²) in [6.07, 6.45) is 0.202. The molecular formula is C14H20ClFN2O. The predicted octanol–water partition coefficient (Wildman–Crippen LogP) is 3.04. The van der Waals surface area contributed by atoms with E-state index in [0.29, 0.717) is 16.5 Å². The lowest BCUT2D eigenvalue weighted by Crippen LogP contribution is -2.38. The number of hydrogen-bond acceptors (Lipinski definition) is 3. The molecular weight excluding hydrogens is 267 g/mol. The van der Waals surface area contributed by atoms with Crippen molar-refractivity contribution in [2.75, 3.05) is 0 Å². The summed E-state index contributed by atoms with van der Waals surface area (Å²) in [5.74, 6) is 5.84. The Balaban J connectivity index is 2.37. The van der Waals surface area contributed by atoms with Crippen LogP contribution >= 0.6 is 11.6 Å². The normalized spacial score (nSPS) is 32.5. The maximum absolute atomic E-state index is 13.4. The molecule has 19 heavy (non-hydrogen) atoms. The van der Waals surface area contributed by atoms with Crippen LogP contribution in [0, 0.1) is 17.7 Å². The Morgan fingerprint density at radius 3 is 2.53 bits per heavy atom. The molecule has 2 rings (SSSR count). The molecule has 3 N–H and O–H groups in total. The Morgan fingerprint density at radius 2 is 2.00 bits per heavy atom. The Labute approximate surface area is 118 Å². The largest absolute Gasteiger partial charge is 0.375 e. The van der Waals surface area contributed by atoms with Crippen LogP contribution in [0.4, 0.5) is 4.39 Å². The molecule has 0 radical (unpaired) electrons. The highest BCUT2D eigenvalue weighted by molar-refractivity contribution is 6.31. The first kappa shape index (κ1) is 14.7. The predicted molar refractivity (Wildman–Crippen MR) is 74.1 cm³/mol. The summed E-state index contributed by atoms with van der Waals surface area (Å²) in [4.78, 5) is 0. The third-order valence-electron chi connectivity index (χ3n) is 4.18. The van der Waals surface area contributed by atoms with Gasteiger partial charge in [-0.1, -0.05) is 18.5 Å². The van der Waals surface area contributed by atoms with E-state index >= 15 is 0 Å². The monoisotopic (exact) mass is 286 g/mol. The summed E-state index contributed by atoms with van der Waals surface area (Å²) in [5, 5.41) is 0.517. The van der Waals surface area contributed by atoms with E-state index in [1.54, 1.807) is 6.07 Å². The molecule has 1 aromatic rings. The maximum atomic E-state index is 13.4. The van der Waals surface area contributed by atoms with Gasteiger partial charge in [-0.15, -0.1) is 0 Å². The highest BCUT2D eigenvalue weighted by Gasteiger charge is 2.42. The zero-order chi connectivity index (χ0) is 14.2. The summed E-state index contributed by atoms with van der Waals surface area (Å²) in [6.45, 7) is 6.18. The highest BCUT2D eigenvalue weighted by Crippen LogP contribution is 2.41. The zero-order valence-corrected chi connectivity index (χ0v) is 12.1. The average molecular weight is 287 g/mol. The molecule has 1 aliphatic rings. The van der Waals surface area contributed by atoms with E-state index in [4.69, 9.17) is 22.2 Å². The molecule has 0 aromatic heterocycles. The van der Waals surface area contributed by atoms with E-state index in [1.165, 1.54) is 12.1 Å². The number of hydrazine groups is 1. The average Bonchev–Trinajstić information content (AvgIpc) is 2.61. The van der Waals surface area contributed by atoms with Crippen LogP contribution in [0.2, 0.25) is 5.02 Å². The van der Waals surface area contributed by atoms with Gasteiger partial charge in [0.25, 0.3) is 0 Å². The van der Waals surface area contributed by atoms with Gasteiger partial charge in [0.1, 0.15) is 5.82 Å². The minimum atomic E-state index is -0.313. The van der Waals surface area contributed by atoms with Crippen molar-refractivity contribution in [1.82, 2.24) is 5.43 Å². The minimum absolute atomic E-state index is 0.0467. The van der Waals surface area contributed by atoms with Gasteiger partial charge in [0.05, 0.1) is 18.2 Å². The summed E-state index contributed by atoms with van der Waals surface area (Å²) < 4.78 is 19.3. The van der Waals surface area contributed by atoms with Crippen LogP contribution in [-0.2, 0) is 4.74 Å². The van der Waals surface area contributed by atoms with Gasteiger partial charge >= 0.3 is 0 Å². The third-order valence-corrected chi connectivity index (χ3v) is 4.52. The van der Waals surface area contributed by atoms with Crippen molar-refractivity contribution in [3.8, 4) is 0 Å². The number of ether oxygens (including phenoxy) is 1. The van der Waals surface area contributed by atoms with Crippen molar-refractivity contribution in [2.45, 2.75) is 39.0 Å². The van der Waals surface area contributed by atoms with Crippen LogP contribution in [0.25, 0.3) is 0 Å². The Morgan fingerprint density at radius 1 is 1.32 bits per heavy atom. The lowest BCUT2D eigenvalue weighted by Gasteiger charge is -2.29. The smallest absolute Gasteiger partial charge is 0.123 e. The van der Waals surface area contributed by atoms with Gasteiger partial charge in [-0.05, 0) is 43.5 Å². The molecule has 1 heterocycles. The van der Waals surface area contributed by atoms with Crippen LogP contribution in [0.5, 0.6) is 0 Å². The van der Waals surface area contributed by atoms with Gasteiger partial charge in [0.15, 0.2) is 0 Å². The van der Waals surface area contributed by atoms with E-state index < -0.39 is 0 Å². The fourth-order valence-electron chi connectivity index (χ4n) is 3.03. The van der Waals surface area contributed by atoms with Crippen molar-refractivity contribution < 1.29 is 9.13 Å². The lowest BCUT2D eigenvalue weighted by molar-refractivity contribution is 0.0475. The number of hydrogen-bond donors (Lipinski definition) is 2. The molecule has 106 valence electrons. The van der Waals surface area contributed by atoms with Crippen molar-refractivity contribution in [2.24, 2.45) is 17.7 Å². The first-order chi connectivity index (χ1) is 8.95. The lowest BCUT2D eigenvalue weighted by atomic mass is 9.81. The summed E-state index contributed by atoms with van der Waals surface area (Å²) in [7, 11) is 0. The van der Waals surface area contributed by atoms with Gasteiger partial charge in [-0.3, -0.25) is 11.3 Å². The molecule has 0 amide bonds. The van der Waals surface area contributed by atoms with E-state index in [-0.39, 0.29) is 30.0 Å². The molecule has 0 bridgehead atoms. The molecule has 5 heteroatoms. The second-order valence-corrected chi connectivity index (χ2v) is 5.70. The molecule has 0 spiro atoms. The van der Waals surface area contributed by atoms with Crippen LogP contribution < -0.4 is 11.3 Å².